The quantitative estimate of drug-likeness (QED) is 0.770. The predicted molar refractivity (Wildman–Crippen MR) is 93.9 cm³/mol. The summed E-state index contributed by atoms with van der Waals surface area (Å²) in [6.07, 6.45) is 1.82. The number of carbonyl (C=O) groups is 2. The summed E-state index contributed by atoms with van der Waals surface area (Å²) in [7, 11) is 0. The molecular formula is C18H15Cl2NO3. The van der Waals surface area contributed by atoms with E-state index in [1.807, 2.05) is 24.3 Å². The molecule has 2 aromatic rings. The van der Waals surface area contributed by atoms with Gasteiger partial charge in [0.25, 0.3) is 5.91 Å². The molecule has 0 atom stereocenters. The third kappa shape index (κ3) is 3.40. The summed E-state index contributed by atoms with van der Waals surface area (Å²) in [5, 5.41) is 0.395. The second-order valence-electron chi connectivity index (χ2n) is 5.45. The second kappa shape index (κ2) is 7.24. The van der Waals surface area contributed by atoms with Gasteiger partial charge in [0.05, 0.1) is 15.6 Å². The number of carbonyl (C=O) groups excluding carboxylic acids is 2. The summed E-state index contributed by atoms with van der Waals surface area (Å²) in [5.74, 6) is -0.970. The van der Waals surface area contributed by atoms with E-state index >= 15 is 0 Å². The summed E-state index contributed by atoms with van der Waals surface area (Å²) in [5.41, 5.74) is 2.07. The number of halogens is 2. The van der Waals surface area contributed by atoms with Gasteiger partial charge in [-0.25, -0.2) is 4.79 Å². The van der Waals surface area contributed by atoms with Crippen LogP contribution in [0.2, 0.25) is 10.0 Å². The lowest BCUT2D eigenvalue weighted by atomic mass is 10.0. The Balaban J connectivity index is 1.70. The molecule has 0 unspecified atom stereocenters. The van der Waals surface area contributed by atoms with E-state index in [0.717, 1.165) is 24.1 Å². The van der Waals surface area contributed by atoms with Crippen LogP contribution in [0.15, 0.2) is 42.5 Å². The highest BCUT2D eigenvalue weighted by molar-refractivity contribution is 6.39. The van der Waals surface area contributed by atoms with E-state index in [1.54, 1.807) is 23.1 Å². The maximum atomic E-state index is 12.4. The van der Waals surface area contributed by atoms with Crippen LogP contribution in [-0.2, 0) is 16.0 Å². The number of hydrogen-bond acceptors (Lipinski definition) is 3. The van der Waals surface area contributed by atoms with Crippen molar-refractivity contribution in [1.29, 1.82) is 0 Å². The molecule has 0 N–H and O–H groups in total. The molecule has 24 heavy (non-hydrogen) atoms. The Hall–Kier alpha value is -2.04. The van der Waals surface area contributed by atoms with Crippen LogP contribution in [-0.4, -0.2) is 25.0 Å². The molecule has 1 amide bonds. The third-order valence-electron chi connectivity index (χ3n) is 3.90. The Labute approximate surface area is 149 Å². The van der Waals surface area contributed by atoms with E-state index < -0.39 is 5.97 Å². The van der Waals surface area contributed by atoms with Gasteiger partial charge in [0.1, 0.15) is 0 Å². The molecule has 0 bridgehead atoms. The molecule has 3 rings (SSSR count). The van der Waals surface area contributed by atoms with Crippen LogP contribution in [0.5, 0.6) is 0 Å². The molecule has 0 fully saturated rings. The Morgan fingerprint density at radius 1 is 1.04 bits per heavy atom. The highest BCUT2D eigenvalue weighted by atomic mass is 35.5. The molecule has 2 aromatic carbocycles. The van der Waals surface area contributed by atoms with Crippen molar-refractivity contribution < 1.29 is 14.3 Å². The Kier molecular flexibility index (Phi) is 5.07. The lowest BCUT2D eigenvalue weighted by Gasteiger charge is -2.29. The van der Waals surface area contributed by atoms with Crippen molar-refractivity contribution >= 4 is 40.8 Å². The van der Waals surface area contributed by atoms with E-state index in [2.05, 4.69) is 0 Å². The zero-order valence-electron chi connectivity index (χ0n) is 12.8. The van der Waals surface area contributed by atoms with Crippen molar-refractivity contribution in [3.63, 3.8) is 0 Å². The Morgan fingerprint density at radius 2 is 1.75 bits per heavy atom. The van der Waals surface area contributed by atoms with Crippen molar-refractivity contribution in [2.75, 3.05) is 18.1 Å². The summed E-state index contributed by atoms with van der Waals surface area (Å²) in [6, 6.07) is 12.5. The molecular weight excluding hydrogens is 349 g/mol. The van der Waals surface area contributed by atoms with E-state index in [-0.39, 0.29) is 28.1 Å². The standard InChI is InChI=1S/C18H15Cl2NO3/c19-13-7-3-8-14(20)17(13)18(23)24-11-16(22)21-10-4-6-12-5-1-2-9-15(12)21/h1-3,5,7-9H,4,6,10-11H2. The monoisotopic (exact) mass is 363 g/mol. The largest absolute Gasteiger partial charge is 0.452 e. The topological polar surface area (TPSA) is 46.6 Å². The highest BCUT2D eigenvalue weighted by Crippen LogP contribution is 2.27. The number of esters is 1. The minimum atomic E-state index is -0.704. The van der Waals surface area contributed by atoms with Gasteiger partial charge in [0.2, 0.25) is 0 Å². The first-order chi connectivity index (χ1) is 11.6. The van der Waals surface area contributed by atoms with E-state index in [0.29, 0.717) is 6.54 Å². The Morgan fingerprint density at radius 3 is 2.50 bits per heavy atom. The minimum absolute atomic E-state index is 0.0766. The maximum absolute atomic E-state index is 12.4. The molecule has 1 heterocycles. The van der Waals surface area contributed by atoms with Gasteiger partial charge in [-0.05, 0) is 36.6 Å². The molecule has 1 aliphatic heterocycles. The maximum Gasteiger partial charge on any atom is 0.341 e. The van der Waals surface area contributed by atoms with Crippen LogP contribution in [0.4, 0.5) is 5.69 Å². The number of fused-ring (bicyclic) bond motifs is 1. The lowest BCUT2D eigenvalue weighted by molar-refractivity contribution is -0.121. The number of hydrogen-bond donors (Lipinski definition) is 0. The van der Waals surface area contributed by atoms with Gasteiger partial charge in [-0.3, -0.25) is 4.79 Å². The van der Waals surface area contributed by atoms with Gasteiger partial charge >= 0.3 is 5.97 Å². The van der Waals surface area contributed by atoms with Crippen LogP contribution >= 0.6 is 23.2 Å². The zero-order chi connectivity index (χ0) is 17.1. The van der Waals surface area contributed by atoms with Gasteiger partial charge in [-0.1, -0.05) is 47.5 Å². The van der Waals surface area contributed by atoms with Crippen LogP contribution in [0.25, 0.3) is 0 Å². The van der Waals surface area contributed by atoms with Gasteiger partial charge < -0.3 is 9.64 Å². The minimum Gasteiger partial charge on any atom is -0.452 e. The highest BCUT2D eigenvalue weighted by Gasteiger charge is 2.24. The lowest BCUT2D eigenvalue weighted by Crippen LogP contribution is -2.38. The summed E-state index contributed by atoms with van der Waals surface area (Å²) in [6.45, 7) is 0.259. The first-order valence-corrected chi connectivity index (χ1v) is 8.33. The predicted octanol–water partition coefficient (Wildman–Crippen LogP) is 4.13. The molecule has 0 saturated heterocycles. The van der Waals surface area contributed by atoms with Crippen LogP contribution in [0.3, 0.4) is 0 Å². The van der Waals surface area contributed by atoms with Crippen molar-refractivity contribution in [2.24, 2.45) is 0 Å². The first kappa shape index (κ1) is 16.8. The number of nitrogens with zero attached hydrogens (tertiary/aromatic N) is 1. The van der Waals surface area contributed by atoms with Gasteiger partial charge in [0.15, 0.2) is 6.61 Å². The normalized spacial score (nSPS) is 13.3. The van der Waals surface area contributed by atoms with Gasteiger partial charge in [-0.2, -0.15) is 0 Å². The third-order valence-corrected chi connectivity index (χ3v) is 4.53. The molecule has 0 saturated carbocycles. The molecule has 4 nitrogen and oxygen atoms in total. The number of aryl methyl sites for hydroxylation is 1. The van der Waals surface area contributed by atoms with Crippen LogP contribution < -0.4 is 4.90 Å². The van der Waals surface area contributed by atoms with Crippen LogP contribution in [0.1, 0.15) is 22.3 Å². The molecule has 0 spiro atoms. The molecule has 6 heteroatoms. The van der Waals surface area contributed by atoms with Gasteiger partial charge in [0, 0.05) is 12.2 Å². The number of anilines is 1. The number of ether oxygens (including phenoxy) is 1. The summed E-state index contributed by atoms with van der Waals surface area (Å²) in [4.78, 5) is 26.3. The van der Waals surface area contributed by atoms with Crippen molar-refractivity contribution in [2.45, 2.75) is 12.8 Å². The van der Waals surface area contributed by atoms with Crippen molar-refractivity contribution in [1.82, 2.24) is 0 Å². The molecule has 1 aliphatic rings. The Bertz CT molecular complexity index is 771. The summed E-state index contributed by atoms with van der Waals surface area (Å²) >= 11 is 11.9. The smallest absolute Gasteiger partial charge is 0.341 e. The average molecular weight is 364 g/mol. The average Bonchev–Trinajstić information content (AvgIpc) is 2.59. The number of amides is 1. The van der Waals surface area contributed by atoms with Crippen molar-refractivity contribution in [3.8, 4) is 0 Å². The number of benzene rings is 2. The van der Waals surface area contributed by atoms with E-state index in [9.17, 15) is 9.59 Å². The molecule has 0 aliphatic carbocycles. The van der Waals surface area contributed by atoms with Gasteiger partial charge in [-0.15, -0.1) is 0 Å². The fourth-order valence-corrected chi connectivity index (χ4v) is 3.31. The SMILES string of the molecule is O=C(OCC(=O)N1CCCc2ccccc21)c1c(Cl)cccc1Cl. The number of para-hydroxylation sites is 1. The van der Waals surface area contributed by atoms with E-state index in [4.69, 9.17) is 27.9 Å². The zero-order valence-corrected chi connectivity index (χ0v) is 14.3. The van der Waals surface area contributed by atoms with Crippen LogP contribution in [0, 0.1) is 0 Å². The fraction of sp³-hybridized carbons (Fsp3) is 0.222. The fourth-order valence-electron chi connectivity index (χ4n) is 2.76. The summed E-state index contributed by atoms with van der Waals surface area (Å²) < 4.78 is 5.12. The molecule has 0 aromatic heterocycles. The van der Waals surface area contributed by atoms with E-state index in [1.165, 1.54) is 0 Å². The second-order valence-corrected chi connectivity index (χ2v) is 6.26. The van der Waals surface area contributed by atoms with Crippen molar-refractivity contribution in [3.05, 3.63) is 63.6 Å². The molecule has 0 radical (unpaired) electrons. The number of rotatable bonds is 3. The first-order valence-electron chi connectivity index (χ1n) is 7.57. The molecule has 124 valence electrons.